The van der Waals surface area contributed by atoms with Crippen LogP contribution in [0.25, 0.3) is 0 Å². The second-order valence-corrected chi connectivity index (χ2v) is 6.12. The maximum Gasteiger partial charge on any atom is 0.0641 e. The molecular formula is C13H18BrN3S. The Balaban J connectivity index is 1.98. The zero-order valence-electron chi connectivity index (χ0n) is 11.0. The SMILES string of the molecule is CCn1nc(C)c(CNCc2sccc2Br)c1C. The van der Waals surface area contributed by atoms with E-state index in [-0.39, 0.29) is 0 Å². The van der Waals surface area contributed by atoms with Crippen LogP contribution in [0.1, 0.15) is 28.8 Å². The molecule has 0 aliphatic carbocycles. The lowest BCUT2D eigenvalue weighted by Gasteiger charge is -2.05. The van der Waals surface area contributed by atoms with E-state index in [1.165, 1.54) is 20.6 Å². The number of halogens is 1. The van der Waals surface area contributed by atoms with Gasteiger partial charge in [0.2, 0.25) is 0 Å². The number of aromatic nitrogens is 2. The fourth-order valence-corrected chi connectivity index (χ4v) is 3.51. The van der Waals surface area contributed by atoms with Crippen LogP contribution in [0, 0.1) is 13.8 Å². The largest absolute Gasteiger partial charge is 0.308 e. The third-order valence-corrected chi connectivity index (χ3v) is 5.04. The van der Waals surface area contributed by atoms with Crippen molar-refractivity contribution in [1.29, 1.82) is 0 Å². The third-order valence-electron chi connectivity index (χ3n) is 3.11. The van der Waals surface area contributed by atoms with Crippen LogP contribution < -0.4 is 5.32 Å². The number of hydrogen-bond acceptors (Lipinski definition) is 3. The highest BCUT2D eigenvalue weighted by Gasteiger charge is 2.10. The zero-order valence-corrected chi connectivity index (χ0v) is 13.4. The summed E-state index contributed by atoms with van der Waals surface area (Å²) in [6.07, 6.45) is 0. The van der Waals surface area contributed by atoms with Crippen LogP contribution in [0.5, 0.6) is 0 Å². The number of aryl methyl sites for hydroxylation is 2. The van der Waals surface area contributed by atoms with Crippen LogP contribution in [-0.2, 0) is 19.6 Å². The van der Waals surface area contributed by atoms with E-state index in [4.69, 9.17) is 0 Å². The van der Waals surface area contributed by atoms with Gasteiger partial charge in [0.25, 0.3) is 0 Å². The van der Waals surface area contributed by atoms with Gasteiger partial charge in [-0.05, 0) is 48.1 Å². The molecule has 0 saturated heterocycles. The van der Waals surface area contributed by atoms with Crippen molar-refractivity contribution in [3.63, 3.8) is 0 Å². The maximum atomic E-state index is 4.53. The Bertz CT molecular complexity index is 530. The number of rotatable bonds is 5. The van der Waals surface area contributed by atoms with Gasteiger partial charge in [-0.3, -0.25) is 4.68 Å². The van der Waals surface area contributed by atoms with Crippen LogP contribution in [0.2, 0.25) is 0 Å². The molecule has 0 aliphatic rings. The first kappa shape index (κ1) is 13.8. The quantitative estimate of drug-likeness (QED) is 0.908. The van der Waals surface area contributed by atoms with Crippen molar-refractivity contribution in [2.24, 2.45) is 0 Å². The highest BCUT2D eigenvalue weighted by molar-refractivity contribution is 9.10. The second-order valence-electron chi connectivity index (χ2n) is 4.26. The Morgan fingerprint density at radius 3 is 2.72 bits per heavy atom. The molecule has 2 heterocycles. The number of nitrogens with zero attached hydrogens (tertiary/aromatic N) is 2. The summed E-state index contributed by atoms with van der Waals surface area (Å²) >= 11 is 5.32. The van der Waals surface area contributed by atoms with Crippen LogP contribution in [0.4, 0.5) is 0 Å². The molecule has 18 heavy (non-hydrogen) atoms. The number of hydrogen-bond donors (Lipinski definition) is 1. The average molecular weight is 328 g/mol. The standard InChI is InChI=1S/C13H18BrN3S/c1-4-17-10(3)11(9(2)16-17)7-15-8-13-12(14)5-6-18-13/h5-6,15H,4,7-8H2,1-3H3. The molecule has 2 rings (SSSR count). The zero-order chi connectivity index (χ0) is 13.1. The monoisotopic (exact) mass is 327 g/mol. The van der Waals surface area contributed by atoms with Gasteiger partial charge in [0.15, 0.2) is 0 Å². The van der Waals surface area contributed by atoms with Crippen molar-refractivity contribution in [2.75, 3.05) is 0 Å². The van der Waals surface area contributed by atoms with Crippen LogP contribution in [0.3, 0.4) is 0 Å². The second kappa shape index (κ2) is 5.99. The van der Waals surface area contributed by atoms with E-state index in [1.807, 2.05) is 0 Å². The Hall–Kier alpha value is -0.650. The lowest BCUT2D eigenvalue weighted by atomic mass is 10.2. The summed E-state index contributed by atoms with van der Waals surface area (Å²) in [6, 6.07) is 2.09. The first-order valence-corrected chi connectivity index (χ1v) is 7.76. The topological polar surface area (TPSA) is 29.9 Å². The molecule has 0 atom stereocenters. The summed E-state index contributed by atoms with van der Waals surface area (Å²) < 4.78 is 3.26. The van der Waals surface area contributed by atoms with Crippen molar-refractivity contribution < 1.29 is 0 Å². The molecule has 0 radical (unpaired) electrons. The van der Waals surface area contributed by atoms with Crippen molar-refractivity contribution in [1.82, 2.24) is 15.1 Å². The molecule has 2 aromatic heterocycles. The number of thiophene rings is 1. The lowest BCUT2D eigenvalue weighted by Crippen LogP contribution is -2.13. The molecule has 0 unspecified atom stereocenters. The summed E-state index contributed by atoms with van der Waals surface area (Å²) in [5.41, 5.74) is 3.73. The van der Waals surface area contributed by atoms with E-state index in [9.17, 15) is 0 Å². The minimum Gasteiger partial charge on any atom is -0.308 e. The van der Waals surface area contributed by atoms with Gasteiger partial charge < -0.3 is 5.32 Å². The number of nitrogens with one attached hydrogen (secondary N) is 1. The van der Waals surface area contributed by atoms with Gasteiger partial charge in [0.05, 0.1) is 5.69 Å². The Morgan fingerprint density at radius 2 is 2.17 bits per heavy atom. The maximum absolute atomic E-state index is 4.53. The van der Waals surface area contributed by atoms with Crippen LogP contribution in [-0.4, -0.2) is 9.78 Å². The van der Waals surface area contributed by atoms with Gasteiger partial charge >= 0.3 is 0 Å². The average Bonchev–Trinajstić information content (AvgIpc) is 2.87. The molecular weight excluding hydrogens is 310 g/mol. The smallest absolute Gasteiger partial charge is 0.0641 e. The van der Waals surface area contributed by atoms with E-state index in [2.05, 4.69) is 63.2 Å². The normalized spacial score (nSPS) is 11.1. The minimum atomic E-state index is 0.877. The third kappa shape index (κ3) is 2.84. The molecule has 5 heteroatoms. The molecule has 0 amide bonds. The summed E-state index contributed by atoms with van der Waals surface area (Å²) in [5.74, 6) is 0. The molecule has 0 bridgehead atoms. The first-order chi connectivity index (χ1) is 8.63. The van der Waals surface area contributed by atoms with Gasteiger partial charge in [-0.25, -0.2) is 0 Å². The molecule has 1 N–H and O–H groups in total. The van der Waals surface area contributed by atoms with E-state index in [0.29, 0.717) is 0 Å². The van der Waals surface area contributed by atoms with Crippen molar-refractivity contribution in [3.05, 3.63) is 37.7 Å². The fraction of sp³-hybridized carbons (Fsp3) is 0.462. The van der Waals surface area contributed by atoms with Crippen LogP contribution in [0.15, 0.2) is 15.9 Å². The lowest BCUT2D eigenvalue weighted by molar-refractivity contribution is 0.631. The molecule has 2 aromatic rings. The van der Waals surface area contributed by atoms with Gasteiger partial charge in [-0.15, -0.1) is 11.3 Å². The molecule has 3 nitrogen and oxygen atoms in total. The molecule has 0 spiro atoms. The van der Waals surface area contributed by atoms with E-state index >= 15 is 0 Å². The minimum absolute atomic E-state index is 0.877. The first-order valence-electron chi connectivity index (χ1n) is 6.09. The summed E-state index contributed by atoms with van der Waals surface area (Å²) in [4.78, 5) is 1.34. The molecule has 0 aromatic carbocycles. The van der Waals surface area contributed by atoms with Crippen molar-refractivity contribution >= 4 is 27.3 Å². The van der Waals surface area contributed by atoms with Crippen molar-refractivity contribution in [3.8, 4) is 0 Å². The van der Waals surface area contributed by atoms with Gasteiger partial charge in [0, 0.05) is 40.2 Å². The van der Waals surface area contributed by atoms with Crippen molar-refractivity contribution in [2.45, 2.75) is 40.4 Å². The summed E-state index contributed by atoms with van der Waals surface area (Å²) in [5, 5.41) is 10.1. The highest BCUT2D eigenvalue weighted by Crippen LogP contribution is 2.22. The Labute approximate surface area is 120 Å². The predicted molar refractivity (Wildman–Crippen MR) is 79.9 cm³/mol. The fourth-order valence-electron chi connectivity index (χ4n) is 2.05. The highest BCUT2D eigenvalue weighted by atomic mass is 79.9. The Morgan fingerprint density at radius 1 is 1.39 bits per heavy atom. The molecule has 98 valence electrons. The predicted octanol–water partition coefficient (Wildman–Crippen LogP) is 3.63. The molecule has 0 saturated carbocycles. The van der Waals surface area contributed by atoms with Gasteiger partial charge in [-0.1, -0.05) is 0 Å². The molecule has 0 fully saturated rings. The molecule has 0 aliphatic heterocycles. The summed E-state index contributed by atoms with van der Waals surface area (Å²) in [6.45, 7) is 9.05. The van der Waals surface area contributed by atoms with Gasteiger partial charge in [0.1, 0.15) is 0 Å². The Kier molecular flexibility index (Phi) is 4.59. The van der Waals surface area contributed by atoms with Gasteiger partial charge in [-0.2, -0.15) is 5.10 Å². The van der Waals surface area contributed by atoms with E-state index in [1.54, 1.807) is 11.3 Å². The summed E-state index contributed by atoms with van der Waals surface area (Å²) in [7, 11) is 0. The van der Waals surface area contributed by atoms with E-state index in [0.717, 1.165) is 25.3 Å². The van der Waals surface area contributed by atoms with E-state index < -0.39 is 0 Å². The van der Waals surface area contributed by atoms with Crippen LogP contribution >= 0.6 is 27.3 Å².